The van der Waals surface area contributed by atoms with Gasteiger partial charge in [0.25, 0.3) is 0 Å². The van der Waals surface area contributed by atoms with Crippen LogP contribution in [0.5, 0.6) is 0 Å². The number of Topliss-reactive ketones (excluding diaryl/α,β-unsaturated/α-hetero) is 1. The Hall–Kier alpha value is -2.67. The first kappa shape index (κ1) is 16.5. The van der Waals surface area contributed by atoms with Crippen molar-refractivity contribution in [2.24, 2.45) is 0 Å². The van der Waals surface area contributed by atoms with E-state index in [0.29, 0.717) is 0 Å². The standard InChI is InChI=1S/C26H24O/c1-15(27)16-10-11-18-20-14-23-19(13-24(20)26(4,5)22(18)12-16)17-8-6-7-9-21(17)25(23,2)3/h6-14H,1-5H3. The van der Waals surface area contributed by atoms with Crippen LogP contribution in [-0.4, -0.2) is 5.78 Å². The van der Waals surface area contributed by atoms with Crippen LogP contribution < -0.4 is 0 Å². The largest absolute Gasteiger partial charge is 0.295 e. The van der Waals surface area contributed by atoms with E-state index >= 15 is 0 Å². The molecule has 0 amide bonds. The monoisotopic (exact) mass is 352 g/mol. The van der Waals surface area contributed by atoms with Crippen LogP contribution in [0.2, 0.25) is 0 Å². The minimum absolute atomic E-state index is 0.00712. The first-order chi connectivity index (χ1) is 12.7. The third-order valence-electron chi connectivity index (χ3n) is 6.78. The molecule has 0 spiro atoms. The second-order valence-electron chi connectivity index (χ2n) is 9.06. The molecule has 27 heavy (non-hydrogen) atoms. The number of benzene rings is 3. The van der Waals surface area contributed by atoms with E-state index in [9.17, 15) is 4.79 Å². The Labute approximate surface area is 161 Å². The van der Waals surface area contributed by atoms with Gasteiger partial charge < -0.3 is 0 Å². The summed E-state index contributed by atoms with van der Waals surface area (Å²) in [6.07, 6.45) is 0. The van der Waals surface area contributed by atoms with Crippen LogP contribution in [0.15, 0.2) is 54.6 Å². The molecule has 0 radical (unpaired) electrons. The molecule has 0 bridgehead atoms. The van der Waals surface area contributed by atoms with Gasteiger partial charge in [0, 0.05) is 16.4 Å². The average molecular weight is 352 g/mol. The Morgan fingerprint density at radius 3 is 1.78 bits per heavy atom. The lowest BCUT2D eigenvalue weighted by Gasteiger charge is -2.24. The van der Waals surface area contributed by atoms with Crippen LogP contribution in [0.25, 0.3) is 22.3 Å². The lowest BCUT2D eigenvalue weighted by Crippen LogP contribution is -2.17. The summed E-state index contributed by atoms with van der Waals surface area (Å²) in [5, 5.41) is 0. The van der Waals surface area contributed by atoms with Crippen molar-refractivity contribution in [3.05, 3.63) is 82.4 Å². The summed E-state index contributed by atoms with van der Waals surface area (Å²) < 4.78 is 0. The summed E-state index contributed by atoms with van der Waals surface area (Å²) in [6, 6.07) is 19.8. The Morgan fingerprint density at radius 2 is 1.15 bits per heavy atom. The lowest BCUT2D eigenvalue weighted by molar-refractivity contribution is 0.101. The number of hydrogen-bond acceptors (Lipinski definition) is 1. The maximum absolute atomic E-state index is 11.9. The Balaban J connectivity index is 1.81. The van der Waals surface area contributed by atoms with E-state index in [4.69, 9.17) is 0 Å². The molecule has 0 N–H and O–H groups in total. The smallest absolute Gasteiger partial charge is 0.159 e. The summed E-state index contributed by atoms with van der Waals surface area (Å²) in [6.45, 7) is 10.8. The minimum Gasteiger partial charge on any atom is -0.295 e. The van der Waals surface area contributed by atoms with Crippen molar-refractivity contribution in [2.75, 3.05) is 0 Å². The van der Waals surface area contributed by atoms with Crippen molar-refractivity contribution in [2.45, 2.75) is 45.4 Å². The maximum Gasteiger partial charge on any atom is 0.159 e. The van der Waals surface area contributed by atoms with Gasteiger partial charge in [0.1, 0.15) is 0 Å². The van der Waals surface area contributed by atoms with E-state index in [0.717, 1.165) is 5.56 Å². The van der Waals surface area contributed by atoms with E-state index in [-0.39, 0.29) is 16.6 Å². The van der Waals surface area contributed by atoms with Crippen molar-refractivity contribution in [1.82, 2.24) is 0 Å². The molecule has 0 atom stereocenters. The topological polar surface area (TPSA) is 17.1 Å². The maximum atomic E-state index is 11.9. The summed E-state index contributed by atoms with van der Waals surface area (Å²) in [5.74, 6) is 0.127. The second-order valence-corrected chi connectivity index (χ2v) is 9.06. The molecule has 0 saturated heterocycles. The summed E-state index contributed by atoms with van der Waals surface area (Å²) >= 11 is 0. The highest BCUT2D eigenvalue weighted by Gasteiger charge is 2.41. The fraction of sp³-hybridized carbons (Fsp3) is 0.269. The summed E-state index contributed by atoms with van der Waals surface area (Å²) in [5.41, 5.74) is 11.5. The number of fused-ring (bicyclic) bond motifs is 6. The third-order valence-corrected chi connectivity index (χ3v) is 6.78. The van der Waals surface area contributed by atoms with E-state index in [1.54, 1.807) is 6.92 Å². The molecule has 2 aliphatic rings. The average Bonchev–Trinajstić information content (AvgIpc) is 3.00. The highest BCUT2D eigenvalue weighted by molar-refractivity contribution is 5.96. The fourth-order valence-electron chi connectivity index (χ4n) is 5.15. The van der Waals surface area contributed by atoms with Crippen molar-refractivity contribution >= 4 is 5.78 Å². The highest BCUT2D eigenvalue weighted by atomic mass is 16.1. The number of carbonyl (C=O) groups excluding carboxylic acids is 1. The molecule has 5 rings (SSSR count). The van der Waals surface area contributed by atoms with Gasteiger partial charge in [-0.1, -0.05) is 64.1 Å². The molecule has 3 aromatic carbocycles. The van der Waals surface area contributed by atoms with E-state index in [1.807, 2.05) is 6.07 Å². The Bertz CT molecular complexity index is 1140. The molecule has 1 heteroatoms. The number of hydrogen-bond donors (Lipinski definition) is 0. The van der Waals surface area contributed by atoms with Crippen molar-refractivity contribution in [3.63, 3.8) is 0 Å². The number of ketones is 1. The third kappa shape index (κ3) is 1.97. The van der Waals surface area contributed by atoms with Gasteiger partial charge >= 0.3 is 0 Å². The molecule has 3 aromatic rings. The summed E-state index contributed by atoms with van der Waals surface area (Å²) in [4.78, 5) is 11.9. The van der Waals surface area contributed by atoms with E-state index < -0.39 is 0 Å². The Kier molecular flexibility index (Phi) is 3.04. The molecule has 0 saturated carbocycles. The molecule has 0 aromatic heterocycles. The zero-order valence-corrected chi connectivity index (χ0v) is 16.6. The van der Waals surface area contributed by atoms with Gasteiger partial charge in [0.2, 0.25) is 0 Å². The van der Waals surface area contributed by atoms with Crippen LogP contribution >= 0.6 is 0 Å². The first-order valence-electron chi connectivity index (χ1n) is 9.67. The van der Waals surface area contributed by atoms with Gasteiger partial charge in [-0.3, -0.25) is 4.79 Å². The second kappa shape index (κ2) is 4.98. The van der Waals surface area contributed by atoms with Crippen molar-refractivity contribution in [1.29, 1.82) is 0 Å². The van der Waals surface area contributed by atoms with E-state index in [1.165, 1.54) is 44.5 Å². The van der Waals surface area contributed by atoms with Crippen LogP contribution in [0.4, 0.5) is 0 Å². The first-order valence-corrected chi connectivity index (χ1v) is 9.67. The molecule has 0 heterocycles. The van der Waals surface area contributed by atoms with Gasteiger partial charge in [0.15, 0.2) is 5.78 Å². The minimum atomic E-state index is -0.104. The SMILES string of the molecule is CC(=O)c1ccc2c(c1)C(C)(C)c1cc3c(cc1-2)C(C)(C)c1ccccc1-3. The molecule has 2 aliphatic carbocycles. The molecule has 0 unspecified atom stereocenters. The molecular formula is C26H24O. The van der Waals surface area contributed by atoms with Gasteiger partial charge in [0.05, 0.1) is 0 Å². The van der Waals surface area contributed by atoms with Gasteiger partial charge in [-0.15, -0.1) is 0 Å². The van der Waals surface area contributed by atoms with Gasteiger partial charge in [-0.05, 0) is 69.6 Å². The van der Waals surface area contributed by atoms with Crippen LogP contribution in [0.3, 0.4) is 0 Å². The predicted octanol–water partition coefficient (Wildman–Crippen LogP) is 6.50. The number of carbonyl (C=O) groups is 1. The lowest BCUT2D eigenvalue weighted by atomic mass is 9.79. The number of rotatable bonds is 1. The predicted molar refractivity (Wildman–Crippen MR) is 112 cm³/mol. The normalized spacial score (nSPS) is 17.1. The zero-order chi connectivity index (χ0) is 19.1. The molecule has 1 nitrogen and oxygen atoms in total. The van der Waals surface area contributed by atoms with Crippen LogP contribution in [0, 0.1) is 0 Å². The Morgan fingerprint density at radius 1 is 0.630 bits per heavy atom. The van der Waals surface area contributed by atoms with E-state index in [2.05, 4.69) is 76.2 Å². The fourth-order valence-corrected chi connectivity index (χ4v) is 5.15. The molecule has 0 fully saturated rings. The van der Waals surface area contributed by atoms with Gasteiger partial charge in [-0.25, -0.2) is 0 Å². The van der Waals surface area contributed by atoms with Crippen LogP contribution in [0.1, 0.15) is 67.2 Å². The molecule has 0 aliphatic heterocycles. The highest BCUT2D eigenvalue weighted by Crippen LogP contribution is 2.55. The van der Waals surface area contributed by atoms with Crippen molar-refractivity contribution in [3.8, 4) is 22.3 Å². The van der Waals surface area contributed by atoms with Crippen LogP contribution in [-0.2, 0) is 10.8 Å². The van der Waals surface area contributed by atoms with Gasteiger partial charge in [-0.2, -0.15) is 0 Å². The molecular weight excluding hydrogens is 328 g/mol. The zero-order valence-electron chi connectivity index (χ0n) is 16.6. The summed E-state index contributed by atoms with van der Waals surface area (Å²) in [7, 11) is 0. The van der Waals surface area contributed by atoms with Crippen molar-refractivity contribution < 1.29 is 4.79 Å². The molecule has 134 valence electrons. The quantitative estimate of drug-likeness (QED) is 0.457.